The van der Waals surface area contributed by atoms with Gasteiger partial charge >= 0.3 is 0 Å². The zero-order valence-corrected chi connectivity index (χ0v) is 13.1. The van der Waals surface area contributed by atoms with E-state index in [1.807, 2.05) is 16.8 Å². The van der Waals surface area contributed by atoms with Crippen LogP contribution >= 0.6 is 11.6 Å². The van der Waals surface area contributed by atoms with Gasteiger partial charge in [-0.25, -0.2) is 4.98 Å². The molecule has 1 aromatic heterocycles. The van der Waals surface area contributed by atoms with E-state index in [1.54, 1.807) is 12.5 Å². The Balaban J connectivity index is 0.000000399. The van der Waals surface area contributed by atoms with Crippen LogP contribution in [0.5, 0.6) is 0 Å². The molecule has 0 fully saturated rings. The molecule has 0 amide bonds. The summed E-state index contributed by atoms with van der Waals surface area (Å²) < 4.78 is 1.94. The maximum Gasteiger partial charge on any atom is 0.0991 e. The second-order valence-corrected chi connectivity index (χ2v) is 5.97. The third-order valence-corrected chi connectivity index (χ3v) is 2.74. The Bertz CT molecular complexity index is 485. The van der Waals surface area contributed by atoms with E-state index in [9.17, 15) is 0 Å². The Morgan fingerprint density at radius 3 is 2.16 bits per heavy atom. The molecule has 1 heterocycles. The summed E-state index contributed by atoms with van der Waals surface area (Å²) in [4.78, 5) is 4.01. The Morgan fingerprint density at radius 2 is 1.74 bits per heavy atom. The fourth-order valence-corrected chi connectivity index (χ4v) is 1.95. The molecule has 0 aliphatic rings. The van der Waals surface area contributed by atoms with Gasteiger partial charge in [0.15, 0.2) is 0 Å². The van der Waals surface area contributed by atoms with Gasteiger partial charge in [-0.2, -0.15) is 0 Å². The zero-order valence-electron chi connectivity index (χ0n) is 12.4. The van der Waals surface area contributed by atoms with Crippen molar-refractivity contribution in [3.05, 3.63) is 47.5 Å². The topological polar surface area (TPSA) is 17.8 Å². The minimum Gasteiger partial charge on any atom is -0.306 e. The third-order valence-electron chi connectivity index (χ3n) is 2.41. The fraction of sp³-hybridized carbons (Fsp3) is 0.438. The first-order valence-corrected chi connectivity index (χ1v) is 7.07. The van der Waals surface area contributed by atoms with Crippen LogP contribution in [0.4, 0.5) is 0 Å². The van der Waals surface area contributed by atoms with Gasteiger partial charge in [0, 0.05) is 23.1 Å². The lowest BCUT2D eigenvalue weighted by Crippen LogP contribution is -1.93. The molecular weight excluding hydrogens is 256 g/mol. The van der Waals surface area contributed by atoms with Crippen LogP contribution in [0, 0.1) is 5.92 Å². The van der Waals surface area contributed by atoms with Crippen LogP contribution in [0.25, 0.3) is 5.69 Å². The van der Waals surface area contributed by atoms with Crippen LogP contribution in [0.3, 0.4) is 0 Å². The molecule has 0 aliphatic carbocycles. The van der Waals surface area contributed by atoms with E-state index in [0.29, 0.717) is 5.92 Å². The van der Waals surface area contributed by atoms with E-state index >= 15 is 0 Å². The Kier molecular flexibility index (Phi) is 6.10. The zero-order chi connectivity index (χ0) is 14.4. The molecule has 0 N–H and O–H groups in total. The molecule has 2 aromatic rings. The number of hydrogen-bond donors (Lipinski definition) is 0. The summed E-state index contributed by atoms with van der Waals surface area (Å²) in [7, 11) is 0. The maximum absolute atomic E-state index is 6.21. The minimum absolute atomic E-state index is 0.453. The normalized spacial score (nSPS) is 10.5. The maximum atomic E-state index is 6.21. The molecule has 0 unspecified atom stereocenters. The number of benzene rings is 1. The van der Waals surface area contributed by atoms with Crippen LogP contribution in [-0.4, -0.2) is 9.55 Å². The molecule has 0 aliphatic heterocycles. The summed E-state index contributed by atoms with van der Waals surface area (Å²) in [6.45, 7) is 10.8. The van der Waals surface area contributed by atoms with E-state index < -0.39 is 0 Å². The van der Waals surface area contributed by atoms with Crippen molar-refractivity contribution in [3.8, 4) is 5.69 Å². The highest BCUT2D eigenvalue weighted by Gasteiger charge is 2.06. The SMILES string of the molecule is CC(C)C.CC(C)c1ccc(-n2ccnc2)cc1Cl. The van der Waals surface area contributed by atoms with Crippen LogP contribution in [0.1, 0.15) is 46.1 Å². The molecule has 0 radical (unpaired) electrons. The van der Waals surface area contributed by atoms with Crippen molar-refractivity contribution >= 4 is 11.6 Å². The quantitative estimate of drug-likeness (QED) is 0.728. The number of imidazole rings is 1. The fourth-order valence-electron chi connectivity index (χ4n) is 1.56. The molecule has 0 saturated heterocycles. The van der Waals surface area contributed by atoms with Crippen LogP contribution in [0.15, 0.2) is 36.9 Å². The third kappa shape index (κ3) is 5.07. The van der Waals surface area contributed by atoms with Gasteiger partial charge < -0.3 is 4.57 Å². The highest BCUT2D eigenvalue weighted by Crippen LogP contribution is 2.26. The molecule has 1 aromatic carbocycles. The first kappa shape index (κ1) is 15.8. The second-order valence-electron chi connectivity index (χ2n) is 5.56. The summed E-state index contributed by atoms with van der Waals surface area (Å²) >= 11 is 6.21. The monoisotopic (exact) mass is 278 g/mol. The van der Waals surface area contributed by atoms with Crippen molar-refractivity contribution in [1.82, 2.24) is 9.55 Å². The molecule has 19 heavy (non-hydrogen) atoms. The number of rotatable bonds is 2. The van der Waals surface area contributed by atoms with Gasteiger partial charge in [0.2, 0.25) is 0 Å². The second kappa shape index (κ2) is 7.34. The average molecular weight is 279 g/mol. The number of hydrogen-bond acceptors (Lipinski definition) is 1. The Morgan fingerprint density at radius 1 is 1.11 bits per heavy atom. The van der Waals surface area contributed by atoms with Gasteiger partial charge in [0.25, 0.3) is 0 Å². The highest BCUT2D eigenvalue weighted by molar-refractivity contribution is 6.31. The van der Waals surface area contributed by atoms with E-state index in [2.05, 4.69) is 51.7 Å². The molecule has 0 atom stereocenters. The van der Waals surface area contributed by atoms with Gasteiger partial charge in [-0.05, 0) is 29.5 Å². The molecule has 2 nitrogen and oxygen atoms in total. The van der Waals surface area contributed by atoms with Gasteiger partial charge in [0.1, 0.15) is 0 Å². The van der Waals surface area contributed by atoms with Gasteiger partial charge in [-0.1, -0.05) is 52.3 Å². The standard InChI is InChI=1S/C12H13ClN2.C4H10/c1-9(2)11-4-3-10(7-12(11)13)15-6-5-14-8-15;1-4(2)3/h3-9H,1-2H3;4H,1-3H3. The number of nitrogens with zero attached hydrogens (tertiary/aromatic N) is 2. The molecule has 0 saturated carbocycles. The van der Waals surface area contributed by atoms with Crippen molar-refractivity contribution in [2.24, 2.45) is 5.92 Å². The van der Waals surface area contributed by atoms with E-state index in [1.165, 1.54) is 5.56 Å². The highest BCUT2D eigenvalue weighted by atomic mass is 35.5. The predicted octanol–water partition coefficient (Wildman–Crippen LogP) is 5.31. The van der Waals surface area contributed by atoms with Gasteiger partial charge in [-0.3, -0.25) is 0 Å². The molecular formula is C16H23ClN2. The van der Waals surface area contributed by atoms with Crippen LogP contribution in [-0.2, 0) is 0 Å². The van der Waals surface area contributed by atoms with E-state index in [4.69, 9.17) is 11.6 Å². The van der Waals surface area contributed by atoms with Crippen molar-refractivity contribution in [2.45, 2.75) is 40.5 Å². The van der Waals surface area contributed by atoms with Gasteiger partial charge in [-0.15, -0.1) is 0 Å². The summed E-state index contributed by atoms with van der Waals surface area (Å²) in [5, 5.41) is 0.816. The summed E-state index contributed by atoms with van der Waals surface area (Å²) in [5.74, 6) is 1.29. The van der Waals surface area contributed by atoms with Crippen molar-refractivity contribution in [3.63, 3.8) is 0 Å². The van der Waals surface area contributed by atoms with Crippen LogP contribution in [0.2, 0.25) is 5.02 Å². The first-order chi connectivity index (χ1) is 8.91. The van der Waals surface area contributed by atoms with Crippen molar-refractivity contribution in [1.29, 1.82) is 0 Å². The average Bonchev–Trinajstić information content (AvgIpc) is 2.80. The summed E-state index contributed by atoms with van der Waals surface area (Å²) in [6.07, 6.45) is 5.42. The van der Waals surface area contributed by atoms with Crippen LogP contribution < -0.4 is 0 Å². The first-order valence-electron chi connectivity index (χ1n) is 6.69. The minimum atomic E-state index is 0.453. The Hall–Kier alpha value is -1.28. The smallest absolute Gasteiger partial charge is 0.0991 e. The molecule has 3 heteroatoms. The molecule has 0 spiro atoms. The molecule has 2 rings (SSSR count). The number of halogens is 1. The Labute approximate surface area is 121 Å². The number of aromatic nitrogens is 2. The van der Waals surface area contributed by atoms with Crippen molar-refractivity contribution < 1.29 is 0 Å². The molecule has 104 valence electrons. The molecule has 0 bridgehead atoms. The predicted molar refractivity (Wildman–Crippen MR) is 83.2 cm³/mol. The lowest BCUT2D eigenvalue weighted by atomic mass is 10.0. The lowest BCUT2D eigenvalue weighted by molar-refractivity contribution is 0.737. The van der Waals surface area contributed by atoms with Gasteiger partial charge in [0.05, 0.1) is 6.33 Å². The van der Waals surface area contributed by atoms with E-state index in [-0.39, 0.29) is 0 Å². The summed E-state index contributed by atoms with van der Waals surface area (Å²) in [5.41, 5.74) is 2.22. The van der Waals surface area contributed by atoms with E-state index in [0.717, 1.165) is 16.6 Å². The van der Waals surface area contributed by atoms with Crippen molar-refractivity contribution in [2.75, 3.05) is 0 Å². The summed E-state index contributed by atoms with van der Waals surface area (Å²) in [6, 6.07) is 6.10. The lowest BCUT2D eigenvalue weighted by Gasteiger charge is -2.10. The largest absolute Gasteiger partial charge is 0.306 e.